The van der Waals surface area contributed by atoms with Crippen molar-refractivity contribution in [2.75, 3.05) is 0 Å². The van der Waals surface area contributed by atoms with Crippen LogP contribution in [0.1, 0.15) is 18.9 Å². The van der Waals surface area contributed by atoms with Crippen LogP contribution in [-0.2, 0) is 20.8 Å². The molecule has 8 nitrogen and oxygen atoms in total. The van der Waals surface area contributed by atoms with Gasteiger partial charge in [-0.2, -0.15) is 0 Å². The Labute approximate surface area is 155 Å². The third-order valence-electron chi connectivity index (χ3n) is 4.11. The minimum Gasteiger partial charge on any atom is -0.480 e. The van der Waals surface area contributed by atoms with Gasteiger partial charge in [0.2, 0.25) is 0 Å². The van der Waals surface area contributed by atoms with Crippen molar-refractivity contribution in [3.8, 4) is 0 Å². The van der Waals surface area contributed by atoms with Crippen molar-refractivity contribution in [2.45, 2.75) is 31.3 Å². The molecule has 2 atom stereocenters. The van der Waals surface area contributed by atoms with Crippen molar-refractivity contribution in [1.29, 1.82) is 0 Å². The zero-order chi connectivity index (χ0) is 20.0. The van der Waals surface area contributed by atoms with Crippen LogP contribution in [0.4, 0.5) is 0 Å². The Morgan fingerprint density at radius 3 is 2.44 bits per heavy atom. The quantitative estimate of drug-likeness (QED) is 0.532. The Balaban J connectivity index is 2.21. The first kappa shape index (κ1) is 19.9. The molecule has 27 heavy (non-hydrogen) atoms. The first-order valence-corrected chi connectivity index (χ1v) is 8.17. The second kappa shape index (κ2) is 8.31. The number of allylic oxidation sites excluding steroid dienone is 2. The molecular formula is C19H20N2O6. The Morgan fingerprint density at radius 1 is 1.22 bits per heavy atom. The van der Waals surface area contributed by atoms with Crippen LogP contribution in [0.2, 0.25) is 0 Å². The third-order valence-corrected chi connectivity index (χ3v) is 4.11. The number of rotatable bonds is 7. The standard InChI is InChI=1S/C19H20N2O6/c1-19(18(26)27)11-13(10-15(21-19)17(24)25)7-8-20-14(16(22)23)9-12-5-3-2-4-6-12/h2-8,10,14,21H,9,11H2,1H3,(H,22,23)(H,24,25)(H,26,27)/t14-,19-/m0/s1. The molecule has 142 valence electrons. The van der Waals surface area contributed by atoms with E-state index in [1.165, 1.54) is 25.3 Å². The SMILES string of the molecule is C[C@@]1(C(=O)O)CC(=CC=N[C@@H](Cc2ccccc2)C(=O)O)C=C(C(=O)O)N1. The molecule has 2 rings (SSSR count). The van der Waals surface area contributed by atoms with Crippen molar-refractivity contribution in [2.24, 2.45) is 4.99 Å². The maximum absolute atomic E-state index is 11.4. The molecule has 1 aliphatic heterocycles. The molecule has 1 aromatic rings. The van der Waals surface area contributed by atoms with Gasteiger partial charge in [0.25, 0.3) is 0 Å². The number of hydrogen-bond acceptors (Lipinski definition) is 5. The Kier molecular flexibility index (Phi) is 6.12. The van der Waals surface area contributed by atoms with E-state index in [0.29, 0.717) is 5.57 Å². The average Bonchev–Trinajstić information content (AvgIpc) is 2.61. The highest BCUT2D eigenvalue weighted by Crippen LogP contribution is 2.25. The van der Waals surface area contributed by atoms with E-state index in [1.54, 1.807) is 24.3 Å². The Hall–Kier alpha value is -3.42. The number of carboxylic acids is 3. The van der Waals surface area contributed by atoms with Gasteiger partial charge >= 0.3 is 17.9 Å². The molecule has 1 aromatic carbocycles. The molecule has 0 aromatic heterocycles. The smallest absolute Gasteiger partial charge is 0.351 e. The summed E-state index contributed by atoms with van der Waals surface area (Å²) in [6.07, 6.45) is 4.26. The lowest BCUT2D eigenvalue weighted by molar-refractivity contribution is -0.144. The van der Waals surface area contributed by atoms with Gasteiger partial charge in [-0.25, -0.2) is 14.4 Å². The molecule has 0 aliphatic carbocycles. The van der Waals surface area contributed by atoms with E-state index in [-0.39, 0.29) is 18.5 Å². The number of benzene rings is 1. The van der Waals surface area contributed by atoms with E-state index in [2.05, 4.69) is 10.3 Å². The van der Waals surface area contributed by atoms with Crippen molar-refractivity contribution < 1.29 is 29.7 Å². The Morgan fingerprint density at radius 2 is 1.89 bits per heavy atom. The predicted molar refractivity (Wildman–Crippen MR) is 97.7 cm³/mol. The predicted octanol–water partition coefficient (Wildman–Crippen LogP) is 1.48. The summed E-state index contributed by atoms with van der Waals surface area (Å²) in [4.78, 5) is 38.1. The van der Waals surface area contributed by atoms with Crippen LogP contribution in [0, 0.1) is 0 Å². The number of aliphatic imine (C=N–C) groups is 1. The van der Waals surface area contributed by atoms with Gasteiger partial charge in [-0.3, -0.25) is 4.99 Å². The monoisotopic (exact) mass is 372 g/mol. The Bertz CT molecular complexity index is 828. The fraction of sp³-hybridized carbons (Fsp3) is 0.263. The number of carboxylic acid groups (broad SMARTS) is 3. The summed E-state index contributed by atoms with van der Waals surface area (Å²) < 4.78 is 0. The largest absolute Gasteiger partial charge is 0.480 e. The van der Waals surface area contributed by atoms with Gasteiger partial charge in [-0.1, -0.05) is 30.3 Å². The van der Waals surface area contributed by atoms with Crippen LogP contribution in [0.3, 0.4) is 0 Å². The molecule has 0 saturated heterocycles. The first-order valence-electron chi connectivity index (χ1n) is 8.17. The van der Waals surface area contributed by atoms with Gasteiger partial charge in [0, 0.05) is 19.1 Å². The van der Waals surface area contributed by atoms with Crippen molar-refractivity contribution in [3.05, 3.63) is 59.3 Å². The molecule has 4 N–H and O–H groups in total. The van der Waals surface area contributed by atoms with Crippen LogP contribution in [-0.4, -0.2) is 51.0 Å². The fourth-order valence-corrected chi connectivity index (χ4v) is 2.66. The minimum atomic E-state index is -1.47. The first-order chi connectivity index (χ1) is 12.7. The molecule has 8 heteroatoms. The highest BCUT2D eigenvalue weighted by Gasteiger charge is 2.38. The summed E-state index contributed by atoms with van der Waals surface area (Å²) in [5, 5.41) is 30.3. The van der Waals surface area contributed by atoms with Crippen LogP contribution >= 0.6 is 0 Å². The zero-order valence-electron chi connectivity index (χ0n) is 14.6. The summed E-state index contributed by atoms with van der Waals surface area (Å²) >= 11 is 0. The molecule has 0 saturated carbocycles. The number of nitrogens with zero attached hydrogens (tertiary/aromatic N) is 1. The highest BCUT2D eigenvalue weighted by molar-refractivity contribution is 5.91. The summed E-state index contributed by atoms with van der Waals surface area (Å²) in [6, 6.07) is 8.04. The van der Waals surface area contributed by atoms with E-state index in [4.69, 9.17) is 5.11 Å². The lowest BCUT2D eigenvalue weighted by Crippen LogP contribution is -2.52. The molecule has 1 heterocycles. The maximum Gasteiger partial charge on any atom is 0.351 e. The number of aliphatic carboxylic acids is 3. The van der Waals surface area contributed by atoms with Gasteiger partial charge in [-0.05, 0) is 30.2 Å². The topological polar surface area (TPSA) is 136 Å². The molecule has 0 spiro atoms. The van der Waals surface area contributed by atoms with Gasteiger partial charge in [0.1, 0.15) is 11.2 Å². The fourth-order valence-electron chi connectivity index (χ4n) is 2.66. The molecule has 0 fully saturated rings. The number of hydrogen-bond donors (Lipinski definition) is 4. The van der Waals surface area contributed by atoms with Crippen molar-refractivity contribution >= 4 is 24.1 Å². The summed E-state index contributed by atoms with van der Waals surface area (Å²) in [5.74, 6) is -3.56. The van der Waals surface area contributed by atoms with Gasteiger partial charge in [-0.15, -0.1) is 0 Å². The molecule has 1 aliphatic rings. The molecule has 0 amide bonds. The van der Waals surface area contributed by atoms with E-state index < -0.39 is 29.5 Å². The summed E-state index contributed by atoms with van der Waals surface area (Å²) in [7, 11) is 0. The molecule has 0 unspecified atom stereocenters. The van der Waals surface area contributed by atoms with Crippen molar-refractivity contribution in [3.63, 3.8) is 0 Å². The van der Waals surface area contributed by atoms with Crippen LogP contribution < -0.4 is 5.32 Å². The maximum atomic E-state index is 11.4. The second-order valence-electron chi connectivity index (χ2n) is 6.39. The molecular weight excluding hydrogens is 352 g/mol. The van der Waals surface area contributed by atoms with E-state index >= 15 is 0 Å². The van der Waals surface area contributed by atoms with Gasteiger partial charge in [0.05, 0.1) is 0 Å². The molecule has 0 bridgehead atoms. The van der Waals surface area contributed by atoms with Gasteiger partial charge < -0.3 is 20.6 Å². The van der Waals surface area contributed by atoms with Crippen LogP contribution in [0.15, 0.2) is 58.7 Å². The lowest BCUT2D eigenvalue weighted by atomic mass is 9.88. The van der Waals surface area contributed by atoms with Crippen LogP contribution in [0.25, 0.3) is 0 Å². The van der Waals surface area contributed by atoms with Gasteiger partial charge in [0.15, 0.2) is 6.04 Å². The molecule has 0 radical (unpaired) electrons. The normalized spacial score (nSPS) is 22.1. The van der Waals surface area contributed by atoms with Crippen LogP contribution in [0.5, 0.6) is 0 Å². The third kappa shape index (κ3) is 5.27. The number of carbonyl (C=O) groups is 3. The average molecular weight is 372 g/mol. The van der Waals surface area contributed by atoms with E-state index in [1.807, 2.05) is 6.07 Å². The van der Waals surface area contributed by atoms with E-state index in [9.17, 15) is 24.6 Å². The summed E-state index contributed by atoms with van der Waals surface area (Å²) in [5.41, 5.74) is -0.477. The second-order valence-corrected chi connectivity index (χ2v) is 6.39. The summed E-state index contributed by atoms with van der Waals surface area (Å²) in [6.45, 7) is 1.38. The lowest BCUT2D eigenvalue weighted by Gasteiger charge is -2.31. The number of nitrogens with one attached hydrogen (secondary N) is 1. The zero-order valence-corrected chi connectivity index (χ0v) is 14.6. The van der Waals surface area contributed by atoms with E-state index in [0.717, 1.165) is 5.56 Å². The minimum absolute atomic E-state index is 0.0293. The van der Waals surface area contributed by atoms with Crippen molar-refractivity contribution in [1.82, 2.24) is 5.32 Å². The highest BCUT2D eigenvalue weighted by atomic mass is 16.4.